The summed E-state index contributed by atoms with van der Waals surface area (Å²) in [7, 11) is 0. The van der Waals surface area contributed by atoms with Crippen molar-refractivity contribution in [2.45, 2.75) is 52.5 Å². The summed E-state index contributed by atoms with van der Waals surface area (Å²) in [5, 5.41) is 3.12. The van der Waals surface area contributed by atoms with E-state index in [-0.39, 0.29) is 11.6 Å². The standard InChI is InChI=1S/C22H27N3OS/c1-13-8-9-17-18(12-13)27-22-19(17)21(26)24-20(25-22)15(3)23-11-10-16-7-5-4-6-14(16)2/h4-7,13,15,23H,8-12H2,1-3H3,(H,24,25,26)/p+1/t13-,15-/m1/s1. The van der Waals surface area contributed by atoms with Gasteiger partial charge in [-0.25, -0.2) is 4.98 Å². The van der Waals surface area contributed by atoms with E-state index in [4.69, 9.17) is 4.98 Å². The third kappa shape index (κ3) is 3.71. The summed E-state index contributed by atoms with van der Waals surface area (Å²) in [6, 6.07) is 8.67. The van der Waals surface area contributed by atoms with E-state index in [9.17, 15) is 4.79 Å². The third-order valence-corrected chi connectivity index (χ3v) is 6.96. The van der Waals surface area contributed by atoms with Crippen LogP contribution in [0.5, 0.6) is 0 Å². The van der Waals surface area contributed by atoms with Crippen molar-refractivity contribution in [1.29, 1.82) is 0 Å². The summed E-state index contributed by atoms with van der Waals surface area (Å²) < 4.78 is 0. The highest BCUT2D eigenvalue weighted by Crippen LogP contribution is 2.35. The summed E-state index contributed by atoms with van der Waals surface area (Å²) in [6.07, 6.45) is 4.29. The Morgan fingerprint density at radius 3 is 3.00 bits per heavy atom. The summed E-state index contributed by atoms with van der Waals surface area (Å²) in [6.45, 7) is 7.55. The molecule has 2 heterocycles. The number of aromatic amines is 1. The molecule has 1 aliphatic rings. The van der Waals surface area contributed by atoms with Crippen molar-refractivity contribution in [3.8, 4) is 0 Å². The van der Waals surface area contributed by atoms with Gasteiger partial charge in [0.05, 0.1) is 11.9 Å². The Balaban J connectivity index is 1.51. The topological polar surface area (TPSA) is 62.4 Å². The Morgan fingerprint density at radius 2 is 2.19 bits per heavy atom. The molecule has 142 valence electrons. The minimum absolute atomic E-state index is 0.0428. The van der Waals surface area contributed by atoms with Crippen LogP contribution in [0.1, 0.15) is 53.7 Å². The molecule has 1 aliphatic carbocycles. The predicted molar refractivity (Wildman–Crippen MR) is 112 cm³/mol. The molecular formula is C22H28N3OS+. The number of aryl methyl sites for hydroxylation is 2. The van der Waals surface area contributed by atoms with Gasteiger partial charge in [-0.05, 0) is 55.7 Å². The van der Waals surface area contributed by atoms with Crippen LogP contribution in [-0.4, -0.2) is 16.5 Å². The highest BCUT2D eigenvalue weighted by Gasteiger charge is 2.24. The Morgan fingerprint density at radius 1 is 1.37 bits per heavy atom. The molecule has 2 aromatic heterocycles. The highest BCUT2D eigenvalue weighted by atomic mass is 32.1. The number of nitrogens with one attached hydrogen (secondary N) is 1. The number of hydrogen-bond acceptors (Lipinski definition) is 3. The van der Waals surface area contributed by atoms with Crippen LogP contribution >= 0.6 is 11.3 Å². The van der Waals surface area contributed by atoms with E-state index in [0.717, 1.165) is 41.8 Å². The maximum Gasteiger partial charge on any atom is 0.260 e. The van der Waals surface area contributed by atoms with E-state index in [1.54, 1.807) is 11.3 Å². The fourth-order valence-electron chi connectivity index (χ4n) is 4.07. The van der Waals surface area contributed by atoms with Gasteiger partial charge in [0.1, 0.15) is 10.9 Å². The minimum Gasteiger partial charge on any atom is -0.337 e. The number of quaternary nitrogens is 1. The van der Waals surface area contributed by atoms with Gasteiger partial charge in [-0.2, -0.15) is 0 Å². The van der Waals surface area contributed by atoms with E-state index in [1.807, 2.05) is 0 Å². The van der Waals surface area contributed by atoms with Crippen LogP contribution < -0.4 is 10.9 Å². The van der Waals surface area contributed by atoms with Gasteiger partial charge in [-0.15, -0.1) is 11.3 Å². The van der Waals surface area contributed by atoms with Gasteiger partial charge in [0.25, 0.3) is 5.56 Å². The Kier molecular flexibility index (Phi) is 5.15. The lowest BCUT2D eigenvalue weighted by Gasteiger charge is -2.17. The lowest BCUT2D eigenvalue weighted by Crippen LogP contribution is -2.85. The fourth-order valence-corrected chi connectivity index (χ4v) is 5.46. The summed E-state index contributed by atoms with van der Waals surface area (Å²) >= 11 is 1.73. The first-order valence-electron chi connectivity index (χ1n) is 9.95. The lowest BCUT2D eigenvalue weighted by atomic mass is 9.89. The maximum absolute atomic E-state index is 12.8. The van der Waals surface area contributed by atoms with Crippen molar-refractivity contribution in [2.24, 2.45) is 5.92 Å². The predicted octanol–water partition coefficient (Wildman–Crippen LogP) is 3.28. The second kappa shape index (κ2) is 7.56. The third-order valence-electron chi connectivity index (χ3n) is 5.81. The number of nitrogens with zero attached hydrogens (tertiary/aromatic N) is 1. The number of benzene rings is 1. The molecule has 0 saturated heterocycles. The number of hydrogen-bond donors (Lipinski definition) is 2. The van der Waals surface area contributed by atoms with Crippen molar-refractivity contribution >= 4 is 21.6 Å². The molecule has 0 amide bonds. The van der Waals surface area contributed by atoms with Gasteiger partial charge in [0.2, 0.25) is 0 Å². The van der Waals surface area contributed by atoms with Crippen molar-refractivity contribution in [1.82, 2.24) is 9.97 Å². The first-order valence-corrected chi connectivity index (χ1v) is 10.8. The molecule has 0 aliphatic heterocycles. The number of rotatable bonds is 5. The molecule has 4 rings (SSSR count). The maximum atomic E-state index is 12.8. The van der Waals surface area contributed by atoms with Gasteiger partial charge in [-0.1, -0.05) is 31.2 Å². The van der Waals surface area contributed by atoms with Crippen LogP contribution in [0.4, 0.5) is 0 Å². The summed E-state index contributed by atoms with van der Waals surface area (Å²) in [5.41, 5.74) is 4.02. The first kappa shape index (κ1) is 18.4. The molecule has 1 aromatic carbocycles. The molecule has 2 atom stereocenters. The number of fused-ring (bicyclic) bond motifs is 3. The van der Waals surface area contributed by atoms with E-state index in [1.165, 1.54) is 28.0 Å². The van der Waals surface area contributed by atoms with Crippen LogP contribution in [-0.2, 0) is 19.3 Å². The molecule has 0 fully saturated rings. The minimum atomic E-state index is 0.0428. The second-order valence-corrected chi connectivity index (χ2v) is 9.06. The van der Waals surface area contributed by atoms with Gasteiger partial charge in [-0.3, -0.25) is 4.79 Å². The second-order valence-electron chi connectivity index (χ2n) is 7.97. The van der Waals surface area contributed by atoms with Crippen LogP contribution in [0, 0.1) is 12.8 Å². The molecule has 0 saturated carbocycles. The summed E-state index contributed by atoms with van der Waals surface area (Å²) in [4.78, 5) is 23.0. The molecule has 4 nitrogen and oxygen atoms in total. The molecule has 5 heteroatoms. The van der Waals surface area contributed by atoms with Crippen LogP contribution in [0.25, 0.3) is 10.2 Å². The monoisotopic (exact) mass is 382 g/mol. The molecule has 0 spiro atoms. The SMILES string of the molecule is Cc1ccccc1CC[NH2+][C@H](C)c1nc2sc3c(c2c(=O)[nH]1)CC[C@@H](C)C3. The van der Waals surface area contributed by atoms with E-state index < -0.39 is 0 Å². The molecule has 0 radical (unpaired) electrons. The normalized spacial score (nSPS) is 17.8. The molecule has 3 aromatic rings. The van der Waals surface area contributed by atoms with E-state index in [0.29, 0.717) is 5.92 Å². The van der Waals surface area contributed by atoms with E-state index >= 15 is 0 Å². The molecule has 0 unspecified atom stereocenters. The molecule has 27 heavy (non-hydrogen) atoms. The smallest absolute Gasteiger partial charge is 0.260 e. The first-order chi connectivity index (χ1) is 13.0. The average Bonchev–Trinajstić information content (AvgIpc) is 3.01. The lowest BCUT2D eigenvalue weighted by molar-refractivity contribution is -0.693. The van der Waals surface area contributed by atoms with Crippen LogP contribution in [0.15, 0.2) is 29.1 Å². The molecule has 3 N–H and O–H groups in total. The van der Waals surface area contributed by atoms with Crippen LogP contribution in [0.3, 0.4) is 0 Å². The number of thiophene rings is 1. The Labute approximate surface area is 164 Å². The Bertz CT molecular complexity index is 1020. The Hall–Kier alpha value is -1.98. The van der Waals surface area contributed by atoms with Gasteiger partial charge in [0, 0.05) is 11.3 Å². The van der Waals surface area contributed by atoms with Crippen molar-refractivity contribution in [3.63, 3.8) is 0 Å². The van der Waals surface area contributed by atoms with Crippen LogP contribution in [0.2, 0.25) is 0 Å². The van der Waals surface area contributed by atoms with Gasteiger partial charge < -0.3 is 10.3 Å². The van der Waals surface area contributed by atoms with Crippen molar-refractivity contribution < 1.29 is 5.32 Å². The molecule has 0 bridgehead atoms. The van der Waals surface area contributed by atoms with E-state index in [2.05, 4.69) is 55.3 Å². The van der Waals surface area contributed by atoms with Crippen molar-refractivity contribution in [2.75, 3.05) is 6.54 Å². The zero-order valence-corrected chi connectivity index (χ0v) is 17.2. The van der Waals surface area contributed by atoms with Gasteiger partial charge >= 0.3 is 0 Å². The summed E-state index contributed by atoms with van der Waals surface area (Å²) in [5.74, 6) is 1.50. The highest BCUT2D eigenvalue weighted by molar-refractivity contribution is 7.18. The zero-order valence-electron chi connectivity index (χ0n) is 16.3. The number of nitrogens with two attached hydrogens (primary N) is 1. The van der Waals surface area contributed by atoms with Crippen molar-refractivity contribution in [3.05, 3.63) is 62.0 Å². The largest absolute Gasteiger partial charge is 0.337 e. The molecular weight excluding hydrogens is 354 g/mol. The average molecular weight is 383 g/mol. The number of aromatic nitrogens is 2. The zero-order chi connectivity index (χ0) is 19.0. The van der Waals surface area contributed by atoms with Gasteiger partial charge in [0.15, 0.2) is 5.82 Å². The quantitative estimate of drug-likeness (QED) is 0.711. The number of H-pyrrole nitrogens is 1. The fraction of sp³-hybridized carbons (Fsp3) is 0.455.